The maximum atomic E-state index is 15.2. The highest BCUT2D eigenvalue weighted by atomic mass is 32.1. The molecule has 2 aromatic carbocycles. The smallest absolute Gasteiger partial charge is 0.314 e. The van der Waals surface area contributed by atoms with Crippen molar-refractivity contribution < 1.29 is 31.1 Å². The zero-order chi connectivity index (χ0) is 28.0. The molecule has 4 heterocycles. The van der Waals surface area contributed by atoms with Crippen LogP contribution in [-0.4, -0.2) is 70.5 Å². The van der Waals surface area contributed by atoms with E-state index in [4.69, 9.17) is 21.4 Å². The number of hydrogen-bond donors (Lipinski definition) is 0. The number of anilines is 1. The van der Waals surface area contributed by atoms with Gasteiger partial charge in [-0.25, -0.2) is 13.2 Å². The van der Waals surface area contributed by atoms with Crippen LogP contribution in [0.25, 0.3) is 11.5 Å². The fourth-order valence-corrected chi connectivity index (χ4v) is 5.86. The normalized spacial score (nSPS) is 19.1. The third-order valence-corrected chi connectivity index (χ3v) is 8.49. The van der Waals surface area contributed by atoms with Gasteiger partial charge in [0.25, 0.3) is 5.89 Å². The van der Waals surface area contributed by atoms with E-state index in [1.807, 2.05) is 4.90 Å². The molecule has 0 bridgehead atoms. The molecule has 3 aliphatic rings. The van der Waals surface area contributed by atoms with E-state index in [0.717, 1.165) is 57.3 Å². The minimum atomic E-state index is -2.94. The zero-order valence-electron chi connectivity index (χ0n) is 21.3. The van der Waals surface area contributed by atoms with Crippen molar-refractivity contribution in [1.82, 2.24) is 20.0 Å². The van der Waals surface area contributed by atoms with Gasteiger partial charge in [0.05, 0.1) is 25.8 Å². The van der Waals surface area contributed by atoms with Crippen LogP contribution in [0.2, 0.25) is 0 Å². The molecule has 3 saturated heterocycles. The van der Waals surface area contributed by atoms with Gasteiger partial charge in [0.1, 0.15) is 5.82 Å². The Morgan fingerprint density at radius 1 is 1.00 bits per heavy atom. The van der Waals surface area contributed by atoms with E-state index >= 15 is 4.39 Å². The number of alkyl halides is 2. The number of likely N-dealkylation sites (tertiary alicyclic amines) is 2. The van der Waals surface area contributed by atoms with Crippen LogP contribution in [0.5, 0.6) is 0 Å². The third-order valence-electron chi connectivity index (χ3n) is 8.01. The Balaban J connectivity index is 1.19. The number of thiocarbonyl (C=S) groups is 1. The first-order chi connectivity index (χ1) is 19.2. The molecule has 3 fully saturated rings. The molecule has 0 saturated carbocycles. The van der Waals surface area contributed by atoms with Gasteiger partial charge in [-0.2, -0.15) is 8.78 Å². The topological polar surface area (TPSA) is 57.9 Å². The summed E-state index contributed by atoms with van der Waals surface area (Å²) in [6.07, 6.45) is -1.06. The van der Waals surface area contributed by atoms with Crippen molar-refractivity contribution in [2.75, 3.05) is 44.3 Å². The second kappa shape index (κ2) is 10.7. The molecule has 3 aromatic rings. The zero-order valence-corrected chi connectivity index (χ0v) is 22.1. The average Bonchev–Trinajstić information content (AvgIpc) is 3.39. The first kappa shape index (κ1) is 27.0. The summed E-state index contributed by atoms with van der Waals surface area (Å²) in [5, 5.41) is 7.20. The lowest BCUT2D eigenvalue weighted by molar-refractivity contribution is -0.141. The summed E-state index contributed by atoms with van der Waals surface area (Å²) in [5.74, 6) is -3.81. The number of nitrogens with zero attached hydrogens (tertiary/aromatic N) is 5. The van der Waals surface area contributed by atoms with Crippen LogP contribution in [-0.2, 0) is 11.3 Å². The Kier molecular flexibility index (Phi) is 7.21. The molecule has 212 valence electrons. The number of benzene rings is 2. The highest BCUT2D eigenvalue weighted by molar-refractivity contribution is 7.80. The minimum absolute atomic E-state index is 0.0702. The molecule has 0 aliphatic carbocycles. The summed E-state index contributed by atoms with van der Waals surface area (Å²) >= 11 is 5.83. The number of halogens is 5. The van der Waals surface area contributed by atoms with Gasteiger partial charge in [-0.3, -0.25) is 4.90 Å². The molecular formula is C27H26F5N5O2S. The molecule has 0 amide bonds. The Morgan fingerprint density at radius 3 is 2.35 bits per heavy atom. The SMILES string of the molecule is Fc1ccc(N(Cc2ccc(-c3nnc(C(F)F)o3)cc2F)C(=S)N2CCC3(CC2)CN(C2COC2)C3)cc1F. The molecule has 0 atom stereocenters. The van der Waals surface area contributed by atoms with Crippen LogP contribution >= 0.6 is 12.2 Å². The monoisotopic (exact) mass is 579 g/mol. The highest BCUT2D eigenvalue weighted by Crippen LogP contribution is 2.42. The van der Waals surface area contributed by atoms with E-state index in [0.29, 0.717) is 24.2 Å². The number of piperidine rings is 1. The summed E-state index contributed by atoms with van der Waals surface area (Å²) in [6, 6.07) is 7.98. The van der Waals surface area contributed by atoms with Crippen LogP contribution in [0.15, 0.2) is 40.8 Å². The van der Waals surface area contributed by atoms with Crippen LogP contribution in [0.4, 0.5) is 27.6 Å². The fourth-order valence-electron chi connectivity index (χ4n) is 5.51. The Labute approximate surface area is 232 Å². The predicted molar refractivity (Wildman–Crippen MR) is 139 cm³/mol. The van der Waals surface area contributed by atoms with E-state index in [2.05, 4.69) is 15.1 Å². The van der Waals surface area contributed by atoms with Gasteiger partial charge in [-0.05, 0) is 54.7 Å². The summed E-state index contributed by atoms with van der Waals surface area (Å²) in [6.45, 7) is 4.96. The molecule has 0 N–H and O–H groups in total. The van der Waals surface area contributed by atoms with E-state index < -0.39 is 29.8 Å². The number of ether oxygens (including phenoxy) is 1. The van der Waals surface area contributed by atoms with Gasteiger partial charge in [0.2, 0.25) is 5.89 Å². The second-order valence-electron chi connectivity index (χ2n) is 10.6. The maximum absolute atomic E-state index is 15.2. The van der Waals surface area contributed by atoms with Crippen LogP contribution in [0.3, 0.4) is 0 Å². The average molecular weight is 580 g/mol. The van der Waals surface area contributed by atoms with Gasteiger partial charge >= 0.3 is 6.43 Å². The van der Waals surface area contributed by atoms with Crippen LogP contribution in [0, 0.1) is 22.9 Å². The molecule has 6 rings (SSSR count). The quantitative estimate of drug-likeness (QED) is 0.293. The van der Waals surface area contributed by atoms with E-state index in [1.54, 1.807) is 4.90 Å². The lowest BCUT2D eigenvalue weighted by atomic mass is 9.71. The predicted octanol–water partition coefficient (Wildman–Crippen LogP) is 5.18. The lowest BCUT2D eigenvalue weighted by Crippen LogP contribution is -2.67. The molecule has 0 unspecified atom stereocenters. The maximum Gasteiger partial charge on any atom is 0.314 e. The molecule has 13 heteroatoms. The fraction of sp³-hybridized carbons (Fsp3) is 0.444. The van der Waals surface area contributed by atoms with E-state index in [9.17, 15) is 17.6 Å². The summed E-state index contributed by atoms with van der Waals surface area (Å²) in [4.78, 5) is 6.06. The largest absolute Gasteiger partial charge is 0.415 e. The highest BCUT2D eigenvalue weighted by Gasteiger charge is 2.48. The van der Waals surface area contributed by atoms with Gasteiger partial charge in [-0.1, -0.05) is 6.07 Å². The molecule has 7 nitrogen and oxygen atoms in total. The third kappa shape index (κ3) is 5.17. The van der Waals surface area contributed by atoms with Gasteiger partial charge in [-0.15, -0.1) is 10.2 Å². The van der Waals surface area contributed by atoms with Crippen molar-refractivity contribution in [1.29, 1.82) is 0 Å². The summed E-state index contributed by atoms with van der Waals surface area (Å²) in [5.41, 5.74) is 0.864. The number of hydrogen-bond acceptors (Lipinski definition) is 6. The lowest BCUT2D eigenvalue weighted by Gasteiger charge is -2.58. The first-order valence-corrected chi connectivity index (χ1v) is 13.4. The molecule has 3 aliphatic heterocycles. The summed E-state index contributed by atoms with van der Waals surface area (Å²) < 4.78 is 79.1. The number of aromatic nitrogens is 2. The van der Waals surface area contributed by atoms with Crippen molar-refractivity contribution in [3.8, 4) is 11.5 Å². The Morgan fingerprint density at radius 2 is 1.75 bits per heavy atom. The molecule has 1 aromatic heterocycles. The first-order valence-electron chi connectivity index (χ1n) is 12.9. The van der Waals surface area contributed by atoms with Crippen molar-refractivity contribution in [3.63, 3.8) is 0 Å². The van der Waals surface area contributed by atoms with E-state index in [1.165, 1.54) is 18.2 Å². The van der Waals surface area contributed by atoms with Gasteiger partial charge < -0.3 is 19.0 Å². The van der Waals surface area contributed by atoms with E-state index in [-0.39, 0.29) is 34.7 Å². The van der Waals surface area contributed by atoms with Crippen molar-refractivity contribution in [2.24, 2.45) is 5.41 Å². The van der Waals surface area contributed by atoms with Crippen molar-refractivity contribution >= 4 is 23.0 Å². The summed E-state index contributed by atoms with van der Waals surface area (Å²) in [7, 11) is 0. The molecule has 1 spiro atoms. The minimum Gasteiger partial charge on any atom is -0.415 e. The number of rotatable bonds is 6. The van der Waals surface area contributed by atoms with Crippen molar-refractivity contribution in [3.05, 3.63) is 65.3 Å². The standard InChI is InChI=1S/C27H26F5N5O2S/c28-20-4-3-18(10-22(20)30)37(11-17-2-1-16(9-21(17)29)24-33-34-25(39-24)23(31)32)26(40)35-7-5-27(6-8-35)14-36(15-27)19-12-38-13-19/h1-4,9-10,19,23H,5-8,11-15H2. The van der Waals surface area contributed by atoms with Crippen LogP contribution in [0.1, 0.15) is 30.7 Å². The Hall–Kier alpha value is -3.16. The van der Waals surface area contributed by atoms with Crippen LogP contribution < -0.4 is 4.90 Å². The second-order valence-corrected chi connectivity index (χ2v) is 11.0. The molecular weight excluding hydrogens is 553 g/mol. The van der Waals surface area contributed by atoms with Crippen molar-refractivity contribution in [2.45, 2.75) is 31.9 Å². The Bertz CT molecular complexity index is 1400. The van der Waals surface area contributed by atoms with Gasteiger partial charge in [0.15, 0.2) is 16.7 Å². The molecule has 40 heavy (non-hydrogen) atoms. The van der Waals surface area contributed by atoms with Gasteiger partial charge in [0, 0.05) is 49.1 Å². The molecule has 0 radical (unpaired) electrons.